The minimum Gasteiger partial charge on any atom is -0.376 e. The Kier molecular flexibility index (Phi) is 6.52. The number of aryl methyl sites for hydroxylation is 1. The van der Waals surface area contributed by atoms with Crippen LogP contribution < -0.4 is 0 Å². The van der Waals surface area contributed by atoms with E-state index in [0.29, 0.717) is 14.0 Å². The normalized spacial score (nSPS) is 16.3. The highest BCUT2D eigenvalue weighted by Crippen LogP contribution is 2.27. The second-order valence-electron chi connectivity index (χ2n) is 7.26. The lowest BCUT2D eigenvalue weighted by Crippen LogP contribution is -2.17. The summed E-state index contributed by atoms with van der Waals surface area (Å²) in [6.07, 6.45) is 2.40. The third kappa shape index (κ3) is 4.59. The maximum atomic E-state index is 13.2. The van der Waals surface area contributed by atoms with Gasteiger partial charge in [-0.1, -0.05) is 23.1 Å². The van der Waals surface area contributed by atoms with Gasteiger partial charge >= 0.3 is 0 Å². The van der Waals surface area contributed by atoms with Gasteiger partial charge in [-0.05, 0) is 69.2 Å². The molecule has 2 aromatic heterocycles. The Morgan fingerprint density at radius 1 is 1.37 bits per heavy atom. The number of nitrogens with zero attached hydrogens (tertiary/aromatic N) is 3. The molecule has 0 saturated carbocycles. The molecule has 0 amide bonds. The first-order valence-corrected chi connectivity index (χ1v) is 11.9. The smallest absolute Gasteiger partial charge is 0.184 e. The van der Waals surface area contributed by atoms with Crippen LogP contribution in [0, 0.1) is 23.6 Å². The van der Waals surface area contributed by atoms with Gasteiger partial charge in [0.25, 0.3) is 0 Å². The molecule has 0 aliphatic carbocycles. The Labute approximate surface area is 187 Å². The van der Waals surface area contributed by atoms with Crippen LogP contribution in [0.15, 0.2) is 34.7 Å². The zero-order valence-corrected chi connectivity index (χ0v) is 19.2. The molecule has 3 heterocycles. The van der Waals surface area contributed by atoms with Crippen LogP contribution in [0.3, 0.4) is 0 Å². The van der Waals surface area contributed by atoms with Gasteiger partial charge in [0.2, 0.25) is 0 Å². The van der Waals surface area contributed by atoms with E-state index in [1.165, 1.54) is 35.2 Å². The molecule has 0 spiro atoms. The highest BCUT2D eigenvalue weighted by Gasteiger charge is 2.21. The third-order valence-corrected chi connectivity index (χ3v) is 7.58. The number of hydrogen-bond donors (Lipinski definition) is 0. The van der Waals surface area contributed by atoms with Gasteiger partial charge < -0.3 is 9.30 Å². The van der Waals surface area contributed by atoms with E-state index >= 15 is 0 Å². The molecule has 1 unspecified atom stereocenters. The van der Waals surface area contributed by atoms with Crippen molar-refractivity contribution in [2.24, 2.45) is 0 Å². The first kappa shape index (κ1) is 21.4. The second-order valence-corrected chi connectivity index (χ2v) is 10.1. The van der Waals surface area contributed by atoms with Gasteiger partial charge in [-0.2, -0.15) is 0 Å². The summed E-state index contributed by atoms with van der Waals surface area (Å²) in [5, 5.41) is 4.49. The molecule has 1 aliphatic heterocycles. The summed E-state index contributed by atoms with van der Waals surface area (Å²) in [7, 11) is 0. The molecular weight excluding hydrogens is 441 g/mol. The van der Waals surface area contributed by atoms with Gasteiger partial charge in [0.05, 0.1) is 17.5 Å². The number of rotatable bonds is 7. The number of ether oxygens (including phenoxy) is 1. The van der Waals surface area contributed by atoms with Crippen molar-refractivity contribution >= 4 is 41.1 Å². The van der Waals surface area contributed by atoms with Gasteiger partial charge in [-0.3, -0.25) is 4.79 Å². The molecule has 0 N–H and O–H groups in total. The van der Waals surface area contributed by atoms with Crippen molar-refractivity contribution in [2.45, 2.75) is 43.7 Å². The van der Waals surface area contributed by atoms with Gasteiger partial charge in [-0.15, -0.1) is 5.10 Å². The second kappa shape index (κ2) is 9.13. The van der Waals surface area contributed by atoms with E-state index in [0.717, 1.165) is 42.9 Å². The number of carbonyl (C=O) groups excluding carboxylic acids is 1. The molecular formula is C21H22FN3O2S3. The van der Waals surface area contributed by atoms with Crippen LogP contribution in [0.25, 0.3) is 5.69 Å². The summed E-state index contributed by atoms with van der Waals surface area (Å²) in [6.45, 7) is 5.64. The Hall–Kier alpha value is -1.81. The van der Waals surface area contributed by atoms with E-state index < -0.39 is 0 Å². The number of hydrogen-bond acceptors (Lipinski definition) is 6. The summed E-state index contributed by atoms with van der Waals surface area (Å²) in [4.78, 5) is 12.9. The largest absolute Gasteiger partial charge is 0.376 e. The van der Waals surface area contributed by atoms with Gasteiger partial charge in [-0.25, -0.2) is 9.07 Å². The Balaban J connectivity index is 1.44. The summed E-state index contributed by atoms with van der Waals surface area (Å²) in [6, 6.07) is 7.98. The minimum absolute atomic E-state index is 0.0705. The molecule has 1 fully saturated rings. The van der Waals surface area contributed by atoms with E-state index in [-0.39, 0.29) is 23.5 Å². The number of thioether (sulfide) groups is 1. The number of benzene rings is 1. The van der Waals surface area contributed by atoms with Crippen LogP contribution in [0.1, 0.15) is 34.6 Å². The monoisotopic (exact) mass is 463 g/mol. The first-order chi connectivity index (χ1) is 14.4. The molecule has 9 heteroatoms. The van der Waals surface area contributed by atoms with Gasteiger partial charge in [0.1, 0.15) is 5.82 Å². The third-order valence-electron chi connectivity index (χ3n) is 5.21. The molecule has 158 valence electrons. The summed E-state index contributed by atoms with van der Waals surface area (Å²) in [5.74, 6) is 0.0505. The molecule has 4 rings (SSSR count). The summed E-state index contributed by atoms with van der Waals surface area (Å²) in [5.41, 5.74) is 3.51. The fourth-order valence-corrected chi connectivity index (χ4v) is 5.87. The molecule has 0 bridgehead atoms. The van der Waals surface area contributed by atoms with Crippen molar-refractivity contribution in [2.75, 3.05) is 12.4 Å². The van der Waals surface area contributed by atoms with Crippen LogP contribution >= 0.6 is 35.3 Å². The molecule has 1 saturated heterocycles. The maximum Gasteiger partial charge on any atom is 0.184 e. The summed E-state index contributed by atoms with van der Waals surface area (Å²) < 4.78 is 24.0. The van der Waals surface area contributed by atoms with E-state index in [1.807, 2.05) is 19.9 Å². The van der Waals surface area contributed by atoms with E-state index in [1.54, 1.807) is 16.8 Å². The topological polar surface area (TPSA) is 49.0 Å². The fourth-order valence-electron chi connectivity index (χ4n) is 3.63. The molecule has 0 radical (unpaired) electrons. The SMILES string of the molecule is Cc1cc(C(=O)CSc2nn(-c3ccc(F)cc3)c(=S)s2)c(C)n1CC1CCCO1. The predicted octanol–water partition coefficient (Wildman–Crippen LogP) is 5.37. The number of ketones is 1. The molecule has 1 aliphatic rings. The number of aromatic nitrogens is 3. The average Bonchev–Trinajstić information content (AvgIpc) is 3.43. The molecule has 5 nitrogen and oxygen atoms in total. The maximum absolute atomic E-state index is 13.2. The molecule has 1 atom stereocenters. The van der Waals surface area contributed by atoms with Crippen LogP contribution in [0.4, 0.5) is 4.39 Å². The minimum atomic E-state index is -0.308. The molecule has 3 aromatic rings. The van der Waals surface area contributed by atoms with Crippen molar-refractivity contribution in [3.63, 3.8) is 0 Å². The lowest BCUT2D eigenvalue weighted by Gasteiger charge is -2.14. The Morgan fingerprint density at radius 3 is 2.83 bits per heavy atom. The quantitative estimate of drug-likeness (QED) is 0.268. The highest BCUT2D eigenvalue weighted by atomic mass is 32.2. The van der Waals surface area contributed by atoms with Crippen molar-refractivity contribution in [3.8, 4) is 5.69 Å². The standard InChI is InChI=1S/C21H22FN3O2S3/c1-13-10-18(14(2)24(13)11-17-4-3-9-27-17)19(26)12-29-20-23-25(21(28)30-20)16-7-5-15(22)6-8-16/h5-8,10,17H,3-4,9,11-12H2,1-2H3. The number of carbonyl (C=O) groups is 1. The van der Waals surface area contributed by atoms with Crippen molar-refractivity contribution in [1.29, 1.82) is 0 Å². The van der Waals surface area contributed by atoms with Crippen LogP contribution in [0.5, 0.6) is 0 Å². The van der Waals surface area contributed by atoms with Crippen LogP contribution in [-0.4, -0.2) is 38.6 Å². The van der Waals surface area contributed by atoms with Crippen molar-refractivity contribution < 1.29 is 13.9 Å². The lowest BCUT2D eigenvalue weighted by atomic mass is 10.2. The zero-order chi connectivity index (χ0) is 21.3. The van der Waals surface area contributed by atoms with Gasteiger partial charge in [0, 0.05) is 30.1 Å². The number of halogens is 1. The summed E-state index contributed by atoms with van der Waals surface area (Å²) >= 11 is 8.10. The lowest BCUT2D eigenvalue weighted by molar-refractivity contribution is 0.0957. The average molecular weight is 464 g/mol. The van der Waals surface area contributed by atoms with E-state index in [2.05, 4.69) is 9.67 Å². The Bertz CT molecular complexity index is 1110. The first-order valence-electron chi connectivity index (χ1n) is 9.73. The zero-order valence-electron chi connectivity index (χ0n) is 16.8. The van der Waals surface area contributed by atoms with Crippen LogP contribution in [-0.2, 0) is 11.3 Å². The van der Waals surface area contributed by atoms with Gasteiger partial charge in [0.15, 0.2) is 14.1 Å². The highest BCUT2D eigenvalue weighted by molar-refractivity contribution is 8.01. The molecule has 1 aromatic carbocycles. The predicted molar refractivity (Wildman–Crippen MR) is 120 cm³/mol. The Morgan fingerprint density at radius 2 is 2.13 bits per heavy atom. The van der Waals surface area contributed by atoms with E-state index in [4.69, 9.17) is 17.0 Å². The van der Waals surface area contributed by atoms with Crippen molar-refractivity contribution in [3.05, 3.63) is 57.1 Å². The van der Waals surface area contributed by atoms with E-state index in [9.17, 15) is 9.18 Å². The number of Topliss-reactive ketones (excluding diaryl/α,β-unsaturated/α-hetero) is 1. The molecule has 30 heavy (non-hydrogen) atoms. The van der Waals surface area contributed by atoms with Crippen LogP contribution in [0.2, 0.25) is 0 Å². The van der Waals surface area contributed by atoms with Crippen molar-refractivity contribution in [1.82, 2.24) is 14.3 Å². The fraction of sp³-hybridized carbons (Fsp3) is 0.381.